The number of pyridine rings is 1. The van der Waals surface area contributed by atoms with E-state index >= 15 is 0 Å². The number of hydrogen-bond donors (Lipinski definition) is 1. The van der Waals surface area contributed by atoms with E-state index in [1.807, 2.05) is 60.0 Å². The van der Waals surface area contributed by atoms with Gasteiger partial charge in [0.25, 0.3) is 0 Å². The van der Waals surface area contributed by atoms with Crippen LogP contribution in [-0.2, 0) is 0 Å². The van der Waals surface area contributed by atoms with Crippen LogP contribution in [-0.4, -0.2) is 26.9 Å². The van der Waals surface area contributed by atoms with Gasteiger partial charge in [0.05, 0.1) is 50.9 Å². The van der Waals surface area contributed by atoms with E-state index in [0.29, 0.717) is 16.9 Å². The number of ether oxygens (including phenoxy) is 1. The maximum Gasteiger partial charge on any atom is 0.573 e. The lowest BCUT2D eigenvalue weighted by Gasteiger charge is -2.22. The van der Waals surface area contributed by atoms with Crippen LogP contribution in [0, 0.1) is 6.92 Å². The quantitative estimate of drug-likeness (QED) is 0.231. The molecule has 0 atom stereocenters. The second kappa shape index (κ2) is 10.6. The fourth-order valence-electron chi connectivity index (χ4n) is 5.31. The molecule has 0 saturated heterocycles. The number of fused-ring (bicyclic) bond motifs is 2. The standard InChI is InChI=1S/C31H28F3N5O/c1-20-24(14-8-16-35-20)37-26-18-28-30(19-27(26)36-21-9-3-2-4-10-21)39(29-15-6-5-13-25(29)38-28)22-11-7-12-23(17-22)40-31(32,33)34/h5-8,11-19,21,37H,2-4,9-10H2,1H3. The number of aryl methyl sites for hydroxylation is 1. The zero-order chi connectivity index (χ0) is 27.7. The van der Waals surface area contributed by atoms with Crippen molar-refractivity contribution in [1.82, 2.24) is 14.5 Å². The monoisotopic (exact) mass is 543 g/mol. The van der Waals surface area contributed by atoms with Crippen LogP contribution >= 0.6 is 0 Å². The Kier molecular flexibility index (Phi) is 6.88. The lowest BCUT2D eigenvalue weighted by Crippen LogP contribution is -2.20. The highest BCUT2D eigenvalue weighted by molar-refractivity contribution is 5.84. The smallest absolute Gasteiger partial charge is 0.406 e. The zero-order valence-corrected chi connectivity index (χ0v) is 21.9. The highest BCUT2D eigenvalue weighted by Gasteiger charge is 2.31. The van der Waals surface area contributed by atoms with Crippen LogP contribution in [0.3, 0.4) is 0 Å². The number of nitrogens with one attached hydrogen (secondary N) is 1. The van der Waals surface area contributed by atoms with Crippen molar-refractivity contribution in [1.29, 1.82) is 0 Å². The minimum Gasteiger partial charge on any atom is -0.406 e. The SMILES string of the molecule is Cc1ncccc1Nc1cc2nc3ccccc3n(-c3cccc(OC(F)(F)F)c3)c-2cc1=NC1CCCCC1. The van der Waals surface area contributed by atoms with E-state index in [1.54, 1.807) is 18.3 Å². The van der Waals surface area contributed by atoms with Crippen molar-refractivity contribution in [3.8, 4) is 22.8 Å². The highest BCUT2D eigenvalue weighted by atomic mass is 19.4. The van der Waals surface area contributed by atoms with Gasteiger partial charge in [0.15, 0.2) is 0 Å². The van der Waals surface area contributed by atoms with Crippen LogP contribution in [0.4, 0.5) is 24.5 Å². The van der Waals surface area contributed by atoms with Crippen LogP contribution in [0.2, 0.25) is 0 Å². The van der Waals surface area contributed by atoms with Gasteiger partial charge in [0.1, 0.15) is 5.75 Å². The first-order valence-corrected chi connectivity index (χ1v) is 13.4. The van der Waals surface area contributed by atoms with Gasteiger partial charge in [-0.2, -0.15) is 0 Å². The van der Waals surface area contributed by atoms with E-state index in [2.05, 4.69) is 15.0 Å². The van der Waals surface area contributed by atoms with Crippen LogP contribution < -0.4 is 15.4 Å². The lowest BCUT2D eigenvalue weighted by molar-refractivity contribution is -0.274. The molecule has 6 rings (SSSR count). The Morgan fingerprint density at radius 1 is 0.925 bits per heavy atom. The summed E-state index contributed by atoms with van der Waals surface area (Å²) < 4.78 is 45.3. The highest BCUT2D eigenvalue weighted by Crippen LogP contribution is 2.33. The fourth-order valence-corrected chi connectivity index (χ4v) is 5.31. The Hall–Kier alpha value is -4.40. The first kappa shape index (κ1) is 25.9. The number of benzene rings is 3. The van der Waals surface area contributed by atoms with Crippen molar-refractivity contribution in [2.45, 2.75) is 51.4 Å². The number of alkyl halides is 3. The van der Waals surface area contributed by atoms with Gasteiger partial charge in [-0.3, -0.25) is 9.98 Å². The van der Waals surface area contributed by atoms with Gasteiger partial charge in [-0.1, -0.05) is 37.5 Å². The third-order valence-electron chi connectivity index (χ3n) is 7.18. The molecule has 3 aromatic rings. The molecule has 1 fully saturated rings. The summed E-state index contributed by atoms with van der Waals surface area (Å²) in [4.78, 5) is 14.5. The molecule has 204 valence electrons. The summed E-state index contributed by atoms with van der Waals surface area (Å²) in [6.07, 6.45) is 2.52. The topological polar surface area (TPSA) is 64.3 Å². The first-order chi connectivity index (χ1) is 19.3. The number of rotatable bonds is 5. The molecular weight excluding hydrogens is 515 g/mol. The second-order valence-electron chi connectivity index (χ2n) is 10.0. The molecule has 0 amide bonds. The largest absolute Gasteiger partial charge is 0.573 e. The normalized spacial score (nSPS) is 15.1. The van der Waals surface area contributed by atoms with Gasteiger partial charge in [-0.05, 0) is 68.3 Å². The molecule has 6 nitrogen and oxygen atoms in total. The molecule has 3 aliphatic rings. The Morgan fingerprint density at radius 2 is 1.75 bits per heavy atom. The molecule has 0 spiro atoms. The van der Waals surface area contributed by atoms with Gasteiger partial charge in [0, 0.05) is 18.0 Å². The summed E-state index contributed by atoms with van der Waals surface area (Å²) in [5.74, 6) is -0.288. The van der Waals surface area contributed by atoms with Crippen molar-refractivity contribution >= 4 is 22.4 Å². The van der Waals surface area contributed by atoms with Crippen LogP contribution in [0.1, 0.15) is 37.8 Å². The van der Waals surface area contributed by atoms with Gasteiger partial charge in [-0.25, -0.2) is 4.98 Å². The lowest BCUT2D eigenvalue weighted by atomic mass is 9.96. The number of nitrogens with zero attached hydrogens (tertiary/aromatic N) is 4. The van der Waals surface area contributed by atoms with E-state index in [4.69, 9.17) is 9.98 Å². The molecule has 1 N–H and O–H groups in total. The van der Waals surface area contributed by atoms with Gasteiger partial charge < -0.3 is 14.6 Å². The molecule has 0 radical (unpaired) electrons. The molecular formula is C31H28F3N5O. The Bertz CT molecular complexity index is 1710. The van der Waals surface area contributed by atoms with Gasteiger partial charge >= 0.3 is 6.36 Å². The van der Waals surface area contributed by atoms with Crippen molar-refractivity contribution in [3.05, 3.63) is 90.0 Å². The van der Waals surface area contributed by atoms with Crippen molar-refractivity contribution < 1.29 is 17.9 Å². The molecule has 9 heteroatoms. The van der Waals surface area contributed by atoms with Crippen molar-refractivity contribution in [2.75, 3.05) is 5.32 Å². The number of aromatic nitrogens is 3. The average molecular weight is 544 g/mol. The summed E-state index contributed by atoms with van der Waals surface area (Å²) in [6, 6.07) is 21.6. The minimum absolute atomic E-state index is 0.201. The molecule has 1 aliphatic heterocycles. The minimum atomic E-state index is -4.79. The number of para-hydroxylation sites is 2. The van der Waals surface area contributed by atoms with E-state index in [-0.39, 0.29) is 11.8 Å². The van der Waals surface area contributed by atoms with Gasteiger partial charge in [-0.15, -0.1) is 13.2 Å². The molecule has 40 heavy (non-hydrogen) atoms. The van der Waals surface area contributed by atoms with Crippen LogP contribution in [0.5, 0.6) is 5.75 Å². The predicted molar refractivity (Wildman–Crippen MR) is 149 cm³/mol. The maximum atomic E-state index is 13.0. The van der Waals surface area contributed by atoms with Crippen LogP contribution in [0.15, 0.2) is 84.0 Å². The third kappa shape index (κ3) is 5.50. The molecule has 1 saturated carbocycles. The number of hydrogen-bond acceptors (Lipinski definition) is 5. The van der Waals surface area contributed by atoms with Gasteiger partial charge in [0.2, 0.25) is 0 Å². The first-order valence-electron chi connectivity index (χ1n) is 13.4. The summed E-state index contributed by atoms with van der Waals surface area (Å²) in [5, 5.41) is 4.29. The van der Waals surface area contributed by atoms with E-state index < -0.39 is 6.36 Å². The molecule has 2 aliphatic carbocycles. The fraction of sp³-hybridized carbons (Fsp3) is 0.258. The zero-order valence-electron chi connectivity index (χ0n) is 21.9. The molecule has 1 aromatic heterocycles. The predicted octanol–water partition coefficient (Wildman–Crippen LogP) is 7.71. The summed E-state index contributed by atoms with van der Waals surface area (Å²) in [5.41, 5.74) is 5.92. The second-order valence-corrected chi connectivity index (χ2v) is 10.0. The average Bonchev–Trinajstić information content (AvgIpc) is 2.93. The molecule has 2 aromatic carbocycles. The summed E-state index contributed by atoms with van der Waals surface area (Å²) in [7, 11) is 0. The Balaban J connectivity index is 1.60. The third-order valence-corrected chi connectivity index (χ3v) is 7.18. The summed E-state index contributed by atoms with van der Waals surface area (Å²) >= 11 is 0. The number of anilines is 2. The summed E-state index contributed by atoms with van der Waals surface area (Å²) in [6.45, 7) is 1.94. The van der Waals surface area contributed by atoms with E-state index in [9.17, 15) is 13.2 Å². The van der Waals surface area contributed by atoms with Crippen molar-refractivity contribution in [2.24, 2.45) is 4.99 Å². The number of halogens is 3. The van der Waals surface area contributed by atoms with Crippen molar-refractivity contribution in [3.63, 3.8) is 0 Å². The molecule has 0 bridgehead atoms. The maximum absolute atomic E-state index is 13.0. The van der Waals surface area contributed by atoms with Crippen LogP contribution in [0.25, 0.3) is 28.1 Å². The molecule has 2 heterocycles. The Morgan fingerprint density at radius 3 is 2.55 bits per heavy atom. The van der Waals surface area contributed by atoms with E-state index in [0.717, 1.165) is 59.3 Å². The molecule has 0 unspecified atom stereocenters. The Labute approximate surface area is 229 Å². The van der Waals surface area contributed by atoms with E-state index in [1.165, 1.54) is 18.6 Å².